The number of rotatable bonds is 6. The highest BCUT2D eigenvalue weighted by atomic mass is 35.5. The van der Waals surface area contributed by atoms with E-state index in [9.17, 15) is 14.4 Å². The van der Waals surface area contributed by atoms with E-state index in [2.05, 4.69) is 16.0 Å². The topological polar surface area (TPSA) is 106 Å². The standard InChI is InChI=1S/C20H16ClN3O5S/c1-28-16-5-3-2-4-14(16)22-17(25)10-29-15-7-6-11(9-13(15)21)8-12-18(26)23-20(30)24-19(12)27/h2-9H,10H2,1H3,(H,22,25)(H2,23,24,26,27,30). The van der Waals surface area contributed by atoms with Crippen LogP contribution in [0.3, 0.4) is 0 Å². The lowest BCUT2D eigenvalue weighted by Gasteiger charge is -2.16. The van der Waals surface area contributed by atoms with E-state index in [-0.39, 0.29) is 28.1 Å². The van der Waals surface area contributed by atoms with Crippen LogP contribution in [-0.2, 0) is 14.4 Å². The van der Waals surface area contributed by atoms with Crippen molar-refractivity contribution in [3.05, 3.63) is 58.6 Å². The molecule has 0 radical (unpaired) electrons. The number of methoxy groups -OCH3 is 1. The van der Waals surface area contributed by atoms with Crippen molar-refractivity contribution in [3.8, 4) is 11.5 Å². The Bertz CT molecular complexity index is 1050. The largest absolute Gasteiger partial charge is 0.495 e. The van der Waals surface area contributed by atoms with Crippen LogP contribution in [0.15, 0.2) is 48.0 Å². The summed E-state index contributed by atoms with van der Waals surface area (Å²) in [6.07, 6.45) is 1.37. The fourth-order valence-corrected chi connectivity index (χ4v) is 3.00. The van der Waals surface area contributed by atoms with Gasteiger partial charge in [0.25, 0.3) is 17.7 Å². The number of amides is 3. The lowest BCUT2D eigenvalue weighted by molar-refractivity contribution is -0.123. The Balaban J connectivity index is 1.65. The van der Waals surface area contributed by atoms with Crippen molar-refractivity contribution in [1.29, 1.82) is 0 Å². The van der Waals surface area contributed by atoms with Crippen LogP contribution >= 0.6 is 23.8 Å². The zero-order valence-electron chi connectivity index (χ0n) is 15.7. The first-order chi connectivity index (χ1) is 14.4. The molecule has 1 heterocycles. The summed E-state index contributed by atoms with van der Waals surface area (Å²) >= 11 is 11.0. The quantitative estimate of drug-likeness (QED) is 0.358. The number of thiocarbonyl (C=S) groups is 1. The van der Waals surface area contributed by atoms with Gasteiger partial charge in [-0.15, -0.1) is 0 Å². The molecule has 0 aromatic heterocycles. The third-order valence-corrected chi connectivity index (χ3v) is 4.45. The van der Waals surface area contributed by atoms with Crippen LogP contribution in [0, 0.1) is 0 Å². The van der Waals surface area contributed by atoms with E-state index >= 15 is 0 Å². The second-order valence-electron chi connectivity index (χ2n) is 6.02. The number of ether oxygens (including phenoxy) is 2. The summed E-state index contributed by atoms with van der Waals surface area (Å²) < 4.78 is 10.6. The van der Waals surface area contributed by atoms with E-state index in [0.29, 0.717) is 17.0 Å². The molecule has 0 atom stereocenters. The first kappa shape index (κ1) is 21.3. The second kappa shape index (κ2) is 9.38. The highest BCUT2D eigenvalue weighted by Crippen LogP contribution is 2.27. The summed E-state index contributed by atoms with van der Waals surface area (Å²) in [4.78, 5) is 36.0. The third-order valence-electron chi connectivity index (χ3n) is 3.95. The Morgan fingerprint density at radius 3 is 2.50 bits per heavy atom. The number of anilines is 1. The van der Waals surface area contributed by atoms with Crippen LogP contribution in [0.5, 0.6) is 11.5 Å². The molecule has 2 aromatic carbocycles. The zero-order valence-corrected chi connectivity index (χ0v) is 17.2. The van der Waals surface area contributed by atoms with Gasteiger partial charge < -0.3 is 14.8 Å². The number of carbonyl (C=O) groups excluding carboxylic acids is 3. The van der Waals surface area contributed by atoms with Crippen LogP contribution in [0.25, 0.3) is 6.08 Å². The van der Waals surface area contributed by atoms with E-state index < -0.39 is 17.7 Å². The van der Waals surface area contributed by atoms with Gasteiger partial charge in [-0.05, 0) is 48.1 Å². The zero-order chi connectivity index (χ0) is 21.7. The van der Waals surface area contributed by atoms with Crippen molar-refractivity contribution in [2.24, 2.45) is 0 Å². The minimum absolute atomic E-state index is 0.0460. The molecule has 10 heteroatoms. The van der Waals surface area contributed by atoms with E-state index in [1.807, 2.05) is 0 Å². The highest BCUT2D eigenvalue weighted by molar-refractivity contribution is 7.80. The monoisotopic (exact) mass is 445 g/mol. The van der Waals surface area contributed by atoms with Crippen molar-refractivity contribution in [2.45, 2.75) is 0 Å². The molecule has 1 saturated heterocycles. The average molecular weight is 446 g/mol. The van der Waals surface area contributed by atoms with Gasteiger partial charge in [0.15, 0.2) is 11.7 Å². The van der Waals surface area contributed by atoms with Crippen LogP contribution in [0.1, 0.15) is 5.56 Å². The summed E-state index contributed by atoms with van der Waals surface area (Å²) in [7, 11) is 1.51. The maximum absolute atomic E-state index is 12.1. The normalized spacial score (nSPS) is 13.3. The summed E-state index contributed by atoms with van der Waals surface area (Å²) in [5.41, 5.74) is 0.911. The molecule has 0 unspecified atom stereocenters. The summed E-state index contributed by atoms with van der Waals surface area (Å²) in [6, 6.07) is 11.6. The molecule has 0 saturated carbocycles. The maximum atomic E-state index is 12.1. The molecular weight excluding hydrogens is 430 g/mol. The van der Waals surface area contributed by atoms with Gasteiger partial charge in [0, 0.05) is 0 Å². The third kappa shape index (κ3) is 5.13. The smallest absolute Gasteiger partial charge is 0.263 e. The van der Waals surface area contributed by atoms with Gasteiger partial charge >= 0.3 is 0 Å². The molecule has 30 heavy (non-hydrogen) atoms. The van der Waals surface area contributed by atoms with E-state index in [1.165, 1.54) is 25.3 Å². The Morgan fingerprint density at radius 1 is 1.13 bits per heavy atom. The van der Waals surface area contributed by atoms with Gasteiger partial charge in [-0.1, -0.05) is 29.8 Å². The molecule has 3 N–H and O–H groups in total. The van der Waals surface area contributed by atoms with Crippen molar-refractivity contribution in [2.75, 3.05) is 19.0 Å². The molecule has 2 aromatic rings. The molecule has 3 amide bonds. The highest BCUT2D eigenvalue weighted by Gasteiger charge is 2.25. The van der Waals surface area contributed by atoms with Crippen molar-refractivity contribution >= 4 is 58.4 Å². The molecule has 0 bridgehead atoms. The second-order valence-corrected chi connectivity index (χ2v) is 6.84. The van der Waals surface area contributed by atoms with Gasteiger partial charge in [0.2, 0.25) is 0 Å². The first-order valence-corrected chi connectivity index (χ1v) is 9.39. The van der Waals surface area contributed by atoms with Crippen LogP contribution < -0.4 is 25.4 Å². The molecule has 3 rings (SSSR count). The summed E-state index contributed by atoms with van der Waals surface area (Å²) in [5, 5.41) is 7.55. The number of hydrogen-bond acceptors (Lipinski definition) is 6. The van der Waals surface area contributed by atoms with Gasteiger partial charge in [-0.3, -0.25) is 25.0 Å². The lowest BCUT2D eigenvalue weighted by Crippen LogP contribution is -2.51. The van der Waals surface area contributed by atoms with Gasteiger partial charge in [0.1, 0.15) is 17.1 Å². The maximum Gasteiger partial charge on any atom is 0.263 e. The van der Waals surface area contributed by atoms with Crippen molar-refractivity contribution in [1.82, 2.24) is 10.6 Å². The number of para-hydroxylation sites is 2. The van der Waals surface area contributed by atoms with Gasteiger partial charge in [-0.25, -0.2) is 0 Å². The van der Waals surface area contributed by atoms with Crippen molar-refractivity contribution < 1.29 is 23.9 Å². The molecular formula is C20H16ClN3O5S. The fourth-order valence-electron chi connectivity index (χ4n) is 2.57. The average Bonchev–Trinajstić information content (AvgIpc) is 2.70. The van der Waals surface area contributed by atoms with Crippen LogP contribution in [-0.4, -0.2) is 36.6 Å². The summed E-state index contributed by atoms with van der Waals surface area (Å²) in [5.74, 6) is -0.805. The molecule has 0 spiro atoms. The van der Waals surface area contributed by atoms with E-state index in [1.54, 1.807) is 30.3 Å². The minimum atomic E-state index is -0.604. The minimum Gasteiger partial charge on any atom is -0.495 e. The van der Waals surface area contributed by atoms with Crippen LogP contribution in [0.2, 0.25) is 5.02 Å². The number of halogens is 1. The Morgan fingerprint density at radius 2 is 1.83 bits per heavy atom. The molecule has 8 nitrogen and oxygen atoms in total. The number of carbonyl (C=O) groups is 3. The predicted octanol–water partition coefficient (Wildman–Crippen LogP) is 2.28. The molecule has 1 aliphatic heterocycles. The Kier molecular flexibility index (Phi) is 6.65. The first-order valence-electron chi connectivity index (χ1n) is 8.61. The fraction of sp³-hybridized carbons (Fsp3) is 0.100. The number of benzene rings is 2. The van der Waals surface area contributed by atoms with E-state index in [0.717, 1.165) is 0 Å². The molecule has 1 fully saturated rings. The molecule has 0 aliphatic carbocycles. The predicted molar refractivity (Wildman–Crippen MR) is 115 cm³/mol. The van der Waals surface area contributed by atoms with Gasteiger partial charge in [0.05, 0.1) is 17.8 Å². The number of hydrogen-bond donors (Lipinski definition) is 3. The molecule has 1 aliphatic rings. The van der Waals surface area contributed by atoms with Crippen LogP contribution in [0.4, 0.5) is 5.69 Å². The Labute approximate surface area is 182 Å². The SMILES string of the molecule is COc1ccccc1NC(=O)COc1ccc(C=C2C(=O)NC(=S)NC2=O)cc1Cl. The molecule has 154 valence electrons. The Hall–Kier alpha value is -3.43. The van der Waals surface area contributed by atoms with E-state index in [4.69, 9.17) is 33.3 Å². The van der Waals surface area contributed by atoms with Gasteiger partial charge in [-0.2, -0.15) is 0 Å². The number of nitrogens with one attached hydrogen (secondary N) is 3. The summed E-state index contributed by atoms with van der Waals surface area (Å²) in [6.45, 7) is -0.277. The lowest BCUT2D eigenvalue weighted by atomic mass is 10.1. The van der Waals surface area contributed by atoms with Crippen molar-refractivity contribution in [3.63, 3.8) is 0 Å².